The molecule has 1 aromatic rings. The summed E-state index contributed by atoms with van der Waals surface area (Å²) in [6.45, 7) is 11.1. The van der Waals surface area contributed by atoms with Crippen LogP contribution < -0.4 is 14.2 Å². The Morgan fingerprint density at radius 2 is 1.46 bits per heavy atom. The third-order valence-corrected chi connectivity index (χ3v) is 4.48. The fourth-order valence-corrected chi connectivity index (χ4v) is 2.51. The van der Waals surface area contributed by atoms with Gasteiger partial charge >= 0.3 is 11.9 Å². The van der Waals surface area contributed by atoms with Gasteiger partial charge in [0, 0.05) is 5.57 Å². The van der Waals surface area contributed by atoms with Crippen molar-refractivity contribution in [1.29, 1.82) is 0 Å². The number of rotatable bonds is 9. The molecule has 1 aromatic carbocycles. The van der Waals surface area contributed by atoms with Crippen LogP contribution in [0.2, 0.25) is 0 Å². The summed E-state index contributed by atoms with van der Waals surface area (Å²) in [5.41, 5.74) is -0.106. The third kappa shape index (κ3) is 4.77. The van der Waals surface area contributed by atoms with Crippen molar-refractivity contribution in [2.24, 2.45) is 0 Å². The lowest BCUT2D eigenvalue weighted by Crippen LogP contribution is -2.34. The Labute approximate surface area is 155 Å². The molecule has 0 atom stereocenters. The summed E-state index contributed by atoms with van der Waals surface area (Å²) in [6.07, 6.45) is 2.43. The van der Waals surface area contributed by atoms with E-state index in [9.17, 15) is 9.59 Å². The number of methoxy groups -OCH3 is 2. The van der Waals surface area contributed by atoms with Crippen LogP contribution >= 0.6 is 0 Å². The maximum absolute atomic E-state index is 12.2. The molecule has 0 radical (unpaired) electrons. The Bertz CT molecular complexity index is 640. The molecule has 0 heterocycles. The van der Waals surface area contributed by atoms with Crippen molar-refractivity contribution in [3.63, 3.8) is 0 Å². The summed E-state index contributed by atoms with van der Waals surface area (Å²) in [5, 5.41) is 0. The highest BCUT2D eigenvalue weighted by atomic mass is 16.6. The fourth-order valence-electron chi connectivity index (χ4n) is 2.51. The van der Waals surface area contributed by atoms with E-state index in [1.54, 1.807) is 0 Å². The number of hydrogen-bond acceptors (Lipinski definition) is 6. The Morgan fingerprint density at radius 1 is 1.00 bits per heavy atom. The van der Waals surface area contributed by atoms with Gasteiger partial charge in [0.25, 0.3) is 0 Å². The zero-order valence-electron chi connectivity index (χ0n) is 16.4. The normalized spacial score (nSPS) is 10.8. The lowest BCUT2D eigenvalue weighted by Gasteiger charge is -2.33. The van der Waals surface area contributed by atoms with Crippen molar-refractivity contribution in [1.82, 2.24) is 0 Å². The van der Waals surface area contributed by atoms with Gasteiger partial charge in [-0.25, -0.2) is 9.59 Å². The van der Waals surface area contributed by atoms with E-state index < -0.39 is 11.9 Å². The topological polar surface area (TPSA) is 71.1 Å². The highest BCUT2D eigenvalue weighted by Gasteiger charge is 2.30. The second kappa shape index (κ2) is 9.27. The number of esters is 2. The highest BCUT2D eigenvalue weighted by Crippen LogP contribution is 2.42. The minimum atomic E-state index is -0.811. The first-order valence-electron chi connectivity index (χ1n) is 8.64. The van der Waals surface area contributed by atoms with Gasteiger partial charge in [0.1, 0.15) is 5.60 Å². The molecule has 0 N–H and O–H groups in total. The lowest BCUT2D eigenvalue weighted by molar-refractivity contribution is -0.133. The second-order valence-corrected chi connectivity index (χ2v) is 6.01. The minimum Gasteiger partial charge on any atom is -0.493 e. The number of carbonyl (C=O) groups is 2. The Hall–Kier alpha value is -2.50. The Morgan fingerprint density at radius 3 is 1.81 bits per heavy atom. The Balaban J connectivity index is 3.32. The standard InChI is InChI=1S/C20H28O6/c1-8-20(9-2,10-3)26-17-15(23-6)11-14(12-16(17)24-7)19(22)25-18(21)13(4)5/h11-12H,4,8-10H2,1-3,5-7H3. The van der Waals surface area contributed by atoms with Crippen molar-refractivity contribution in [2.45, 2.75) is 52.6 Å². The summed E-state index contributed by atoms with van der Waals surface area (Å²) < 4.78 is 21.8. The van der Waals surface area contributed by atoms with Crippen LogP contribution in [0.5, 0.6) is 17.2 Å². The van der Waals surface area contributed by atoms with Crippen molar-refractivity contribution >= 4 is 11.9 Å². The molecule has 0 aromatic heterocycles. The summed E-state index contributed by atoms with van der Waals surface area (Å²) in [4.78, 5) is 23.8. The van der Waals surface area contributed by atoms with Gasteiger partial charge in [0.2, 0.25) is 5.75 Å². The van der Waals surface area contributed by atoms with E-state index in [1.807, 2.05) is 0 Å². The monoisotopic (exact) mass is 364 g/mol. The molecule has 0 bridgehead atoms. The van der Waals surface area contributed by atoms with Gasteiger partial charge in [-0.3, -0.25) is 0 Å². The molecule has 144 valence electrons. The van der Waals surface area contributed by atoms with Crippen LogP contribution in [0.3, 0.4) is 0 Å². The van der Waals surface area contributed by atoms with E-state index in [2.05, 4.69) is 27.4 Å². The molecule has 6 nitrogen and oxygen atoms in total. The largest absolute Gasteiger partial charge is 0.493 e. The molecule has 0 spiro atoms. The van der Waals surface area contributed by atoms with Crippen LogP contribution in [-0.2, 0) is 9.53 Å². The molecule has 0 saturated heterocycles. The van der Waals surface area contributed by atoms with Crippen molar-refractivity contribution in [3.05, 3.63) is 29.8 Å². The number of ether oxygens (including phenoxy) is 4. The average Bonchev–Trinajstić information content (AvgIpc) is 2.65. The summed E-state index contributed by atoms with van der Waals surface area (Å²) in [5.74, 6) is -0.509. The van der Waals surface area contributed by atoms with Gasteiger partial charge in [-0.05, 0) is 38.3 Å². The smallest absolute Gasteiger partial charge is 0.346 e. The quantitative estimate of drug-likeness (QED) is 0.369. The van der Waals surface area contributed by atoms with Crippen LogP contribution in [0.1, 0.15) is 57.3 Å². The van der Waals surface area contributed by atoms with E-state index in [4.69, 9.17) is 18.9 Å². The zero-order valence-corrected chi connectivity index (χ0v) is 16.4. The van der Waals surface area contributed by atoms with Crippen molar-refractivity contribution in [3.8, 4) is 17.2 Å². The van der Waals surface area contributed by atoms with E-state index in [0.29, 0.717) is 17.2 Å². The van der Waals surface area contributed by atoms with Crippen LogP contribution in [0.4, 0.5) is 0 Å². The molecule has 0 aliphatic heterocycles. The lowest BCUT2D eigenvalue weighted by atomic mass is 9.94. The number of hydrogen-bond donors (Lipinski definition) is 0. The zero-order chi connectivity index (χ0) is 19.9. The predicted octanol–water partition coefficient (Wildman–Crippen LogP) is 4.31. The summed E-state index contributed by atoms with van der Waals surface area (Å²) in [7, 11) is 2.95. The van der Waals surface area contributed by atoms with Gasteiger partial charge in [0.15, 0.2) is 11.5 Å². The summed E-state index contributed by atoms with van der Waals surface area (Å²) in [6, 6.07) is 2.94. The van der Waals surface area contributed by atoms with Gasteiger partial charge < -0.3 is 18.9 Å². The van der Waals surface area contributed by atoms with E-state index in [-0.39, 0.29) is 16.7 Å². The first-order chi connectivity index (χ1) is 12.3. The maximum atomic E-state index is 12.2. The molecule has 0 saturated carbocycles. The molecule has 6 heteroatoms. The molecule has 0 fully saturated rings. The van der Waals surface area contributed by atoms with Crippen LogP contribution in [0.15, 0.2) is 24.3 Å². The van der Waals surface area contributed by atoms with Crippen molar-refractivity contribution < 1.29 is 28.5 Å². The maximum Gasteiger partial charge on any atom is 0.346 e. The van der Waals surface area contributed by atoms with E-state index in [1.165, 1.54) is 33.3 Å². The molecule has 0 unspecified atom stereocenters. The SMILES string of the molecule is C=C(C)C(=O)OC(=O)c1cc(OC)c(OC(CC)(CC)CC)c(OC)c1. The van der Waals surface area contributed by atoms with Crippen LogP contribution in [0, 0.1) is 0 Å². The second-order valence-electron chi connectivity index (χ2n) is 6.01. The third-order valence-electron chi connectivity index (χ3n) is 4.48. The van der Waals surface area contributed by atoms with E-state index >= 15 is 0 Å². The van der Waals surface area contributed by atoms with Gasteiger partial charge in [-0.15, -0.1) is 0 Å². The van der Waals surface area contributed by atoms with Crippen LogP contribution in [-0.4, -0.2) is 31.8 Å². The van der Waals surface area contributed by atoms with Crippen LogP contribution in [0.25, 0.3) is 0 Å². The van der Waals surface area contributed by atoms with Gasteiger partial charge in [-0.2, -0.15) is 0 Å². The molecule has 1 rings (SSSR count). The molecular formula is C20H28O6. The molecular weight excluding hydrogens is 336 g/mol. The van der Waals surface area contributed by atoms with E-state index in [0.717, 1.165) is 19.3 Å². The molecule has 26 heavy (non-hydrogen) atoms. The van der Waals surface area contributed by atoms with Gasteiger partial charge in [-0.1, -0.05) is 27.4 Å². The predicted molar refractivity (Wildman–Crippen MR) is 99.0 cm³/mol. The molecule has 0 amide bonds. The first kappa shape index (κ1) is 21.5. The van der Waals surface area contributed by atoms with Gasteiger partial charge in [0.05, 0.1) is 19.8 Å². The highest BCUT2D eigenvalue weighted by molar-refractivity contribution is 6.02. The number of carbonyl (C=O) groups excluding carboxylic acids is 2. The average molecular weight is 364 g/mol. The van der Waals surface area contributed by atoms with Crippen molar-refractivity contribution in [2.75, 3.05) is 14.2 Å². The minimum absolute atomic E-state index is 0.121. The number of benzene rings is 1. The Kier molecular flexibility index (Phi) is 7.68. The first-order valence-corrected chi connectivity index (χ1v) is 8.64. The molecule has 0 aliphatic carbocycles. The fraction of sp³-hybridized carbons (Fsp3) is 0.500. The summed E-state index contributed by atoms with van der Waals surface area (Å²) >= 11 is 0. The molecule has 0 aliphatic rings.